The number of hydrogen-bond acceptors (Lipinski definition) is 8. The van der Waals surface area contributed by atoms with E-state index in [1.807, 2.05) is 44.2 Å². The van der Waals surface area contributed by atoms with Crippen LogP contribution in [0.1, 0.15) is 43.3 Å². The second-order valence-corrected chi connectivity index (χ2v) is 9.68. The molecule has 11 nitrogen and oxygen atoms in total. The zero-order valence-electron chi connectivity index (χ0n) is 21.5. The summed E-state index contributed by atoms with van der Waals surface area (Å²) in [6.45, 7) is 5.78. The Morgan fingerprint density at radius 1 is 1.00 bits per heavy atom. The second kappa shape index (κ2) is 12.6. The second-order valence-electron chi connectivity index (χ2n) is 9.68. The first-order valence-electron chi connectivity index (χ1n) is 12.2. The smallest absolute Gasteiger partial charge is 0.290 e. The van der Waals surface area contributed by atoms with E-state index in [4.69, 9.17) is 14.0 Å². The molecule has 0 saturated carbocycles. The Balaban J connectivity index is 1.77. The number of carbonyl (C=O) groups is 4. The Hall–Kier alpha value is -3.57. The summed E-state index contributed by atoms with van der Waals surface area (Å²) in [5, 5.41) is 11.6. The zero-order valence-corrected chi connectivity index (χ0v) is 21.5. The lowest BCUT2D eigenvalue weighted by Gasteiger charge is -2.26. The minimum Gasteiger partial charge on any atom is -0.382 e. The van der Waals surface area contributed by atoms with Crippen LogP contribution in [0.5, 0.6) is 0 Å². The Morgan fingerprint density at radius 3 is 2.22 bits per heavy atom. The minimum atomic E-state index is -1.11. The number of benzene rings is 1. The van der Waals surface area contributed by atoms with Gasteiger partial charge in [0.05, 0.1) is 25.5 Å². The normalized spacial score (nSPS) is 18.9. The maximum Gasteiger partial charge on any atom is 0.290 e. The van der Waals surface area contributed by atoms with Crippen molar-refractivity contribution in [3.05, 3.63) is 53.9 Å². The highest BCUT2D eigenvalue weighted by atomic mass is 16.6. The third kappa shape index (κ3) is 7.96. The number of epoxide rings is 1. The molecule has 0 spiro atoms. The molecule has 3 rings (SSSR count). The lowest BCUT2D eigenvalue weighted by Crippen LogP contribution is -2.58. The van der Waals surface area contributed by atoms with Gasteiger partial charge in [-0.3, -0.25) is 19.2 Å². The van der Waals surface area contributed by atoms with Crippen molar-refractivity contribution < 1.29 is 33.2 Å². The van der Waals surface area contributed by atoms with Crippen LogP contribution in [0.25, 0.3) is 0 Å². The van der Waals surface area contributed by atoms with Gasteiger partial charge in [-0.05, 0) is 24.8 Å². The molecule has 11 heteroatoms. The van der Waals surface area contributed by atoms with Gasteiger partial charge in [0, 0.05) is 19.6 Å². The number of carbonyl (C=O) groups excluding carboxylic acids is 4. The topological polar surface area (TPSA) is 152 Å². The van der Waals surface area contributed by atoms with E-state index in [-0.39, 0.29) is 30.5 Å². The number of amides is 3. The molecule has 0 unspecified atom stereocenters. The quantitative estimate of drug-likeness (QED) is 0.316. The Kier molecular flexibility index (Phi) is 9.54. The number of nitrogens with one attached hydrogen (secondary N) is 3. The number of hydrogen-bond donors (Lipinski definition) is 3. The van der Waals surface area contributed by atoms with Gasteiger partial charge < -0.3 is 29.9 Å². The van der Waals surface area contributed by atoms with Crippen LogP contribution in [0.15, 0.2) is 47.1 Å². The average molecular weight is 515 g/mol. The fraction of sp³-hybridized carbons (Fsp3) is 0.500. The molecule has 0 bridgehead atoms. The number of ketones is 1. The van der Waals surface area contributed by atoms with E-state index in [0.717, 1.165) is 5.56 Å². The van der Waals surface area contributed by atoms with Crippen LogP contribution in [0, 0.1) is 5.92 Å². The molecule has 200 valence electrons. The average Bonchev–Trinajstić information content (AvgIpc) is 3.38. The molecule has 1 saturated heterocycles. The van der Waals surface area contributed by atoms with Crippen LogP contribution in [0.2, 0.25) is 0 Å². The fourth-order valence-electron chi connectivity index (χ4n) is 3.84. The van der Waals surface area contributed by atoms with E-state index in [1.165, 1.54) is 19.4 Å². The van der Waals surface area contributed by atoms with Gasteiger partial charge in [-0.15, -0.1) is 0 Å². The predicted octanol–water partition coefficient (Wildman–Crippen LogP) is 1.04. The summed E-state index contributed by atoms with van der Waals surface area (Å²) in [5.41, 5.74) is -0.0966. The molecular weight excluding hydrogens is 480 g/mol. The van der Waals surface area contributed by atoms with Crippen molar-refractivity contribution in [2.45, 2.75) is 57.3 Å². The lowest BCUT2D eigenvalue weighted by atomic mass is 9.93. The van der Waals surface area contributed by atoms with Gasteiger partial charge in [0.1, 0.15) is 17.7 Å². The molecule has 4 atom stereocenters. The Morgan fingerprint density at radius 2 is 1.65 bits per heavy atom. The molecule has 0 aliphatic carbocycles. The van der Waals surface area contributed by atoms with Gasteiger partial charge in [0.25, 0.3) is 5.91 Å². The van der Waals surface area contributed by atoms with Crippen molar-refractivity contribution in [1.29, 1.82) is 0 Å². The van der Waals surface area contributed by atoms with Gasteiger partial charge in [0.2, 0.25) is 17.6 Å². The maximum absolute atomic E-state index is 13.5. The van der Waals surface area contributed by atoms with Gasteiger partial charge >= 0.3 is 0 Å². The molecular formula is C26H34N4O7. The Bertz CT molecular complexity index is 1070. The number of rotatable bonds is 14. The highest BCUT2D eigenvalue weighted by Gasteiger charge is 2.50. The highest BCUT2D eigenvalue weighted by Crippen LogP contribution is 2.29. The van der Waals surface area contributed by atoms with E-state index in [1.54, 1.807) is 6.92 Å². The van der Waals surface area contributed by atoms with Gasteiger partial charge in [-0.25, -0.2) is 0 Å². The zero-order chi connectivity index (χ0) is 27.0. The molecule has 1 aliphatic rings. The van der Waals surface area contributed by atoms with Crippen molar-refractivity contribution in [3.63, 3.8) is 0 Å². The first-order valence-corrected chi connectivity index (χ1v) is 12.2. The van der Waals surface area contributed by atoms with Gasteiger partial charge in [-0.1, -0.05) is 49.3 Å². The number of ether oxygens (including phenoxy) is 2. The van der Waals surface area contributed by atoms with Crippen LogP contribution >= 0.6 is 0 Å². The molecule has 1 aromatic carbocycles. The molecule has 2 heterocycles. The summed E-state index contributed by atoms with van der Waals surface area (Å²) in [6, 6.07) is 7.63. The largest absolute Gasteiger partial charge is 0.382 e. The molecule has 1 aromatic heterocycles. The molecule has 37 heavy (non-hydrogen) atoms. The predicted molar refractivity (Wildman–Crippen MR) is 132 cm³/mol. The monoisotopic (exact) mass is 514 g/mol. The van der Waals surface area contributed by atoms with Crippen molar-refractivity contribution in [3.8, 4) is 0 Å². The molecule has 1 aliphatic heterocycles. The van der Waals surface area contributed by atoms with Crippen molar-refractivity contribution in [2.24, 2.45) is 5.92 Å². The van der Waals surface area contributed by atoms with Crippen molar-refractivity contribution >= 4 is 23.5 Å². The van der Waals surface area contributed by atoms with Crippen molar-refractivity contribution in [2.75, 3.05) is 20.3 Å². The summed E-state index contributed by atoms with van der Waals surface area (Å²) >= 11 is 0. The fourth-order valence-corrected chi connectivity index (χ4v) is 3.84. The van der Waals surface area contributed by atoms with Gasteiger partial charge in [-0.2, -0.15) is 0 Å². The maximum atomic E-state index is 13.5. The Labute approximate surface area is 215 Å². The molecule has 3 N–H and O–H groups in total. The molecule has 2 aromatic rings. The van der Waals surface area contributed by atoms with E-state index in [0.29, 0.717) is 13.0 Å². The van der Waals surface area contributed by atoms with Crippen LogP contribution < -0.4 is 16.0 Å². The standard InChI is InChI=1S/C26H34N4O7/c1-16(2)12-18(22(31)26(3)15-36-26)28-23(32)19(13-17-8-6-5-7-9-17)29-24(33)20(14-35-4)30-25(34)21-10-11-27-37-21/h5-11,16,18-20H,12-15H2,1-4H3,(H,28,32)(H,29,33)(H,30,34)/t18-,19-,20-,26+/m0/s1. The van der Waals surface area contributed by atoms with Crippen LogP contribution in [-0.4, -0.2) is 72.7 Å². The molecule has 1 fully saturated rings. The highest BCUT2D eigenvalue weighted by molar-refractivity contribution is 5.99. The summed E-state index contributed by atoms with van der Waals surface area (Å²) in [5.74, 6) is -1.93. The van der Waals surface area contributed by atoms with E-state index >= 15 is 0 Å². The summed E-state index contributed by atoms with van der Waals surface area (Å²) in [7, 11) is 1.39. The number of aromatic nitrogens is 1. The van der Waals surface area contributed by atoms with Crippen LogP contribution in [0.4, 0.5) is 0 Å². The summed E-state index contributed by atoms with van der Waals surface area (Å²) in [4.78, 5) is 52.1. The van der Waals surface area contributed by atoms with Crippen LogP contribution in [0.3, 0.4) is 0 Å². The molecule has 0 radical (unpaired) electrons. The first kappa shape index (κ1) is 28.0. The van der Waals surface area contributed by atoms with E-state index < -0.39 is 41.4 Å². The summed E-state index contributed by atoms with van der Waals surface area (Å²) < 4.78 is 15.3. The third-order valence-electron chi connectivity index (χ3n) is 5.97. The van der Waals surface area contributed by atoms with Crippen LogP contribution in [-0.2, 0) is 30.3 Å². The minimum absolute atomic E-state index is 0.0710. The van der Waals surface area contributed by atoms with E-state index in [2.05, 4.69) is 21.1 Å². The van der Waals surface area contributed by atoms with Gasteiger partial charge in [0.15, 0.2) is 5.78 Å². The SMILES string of the molecule is COC[C@H](NC(=O)c1ccno1)C(=O)N[C@@H](Cc1ccccc1)C(=O)N[C@@H](CC(C)C)C(=O)[C@@]1(C)CO1. The first-order chi connectivity index (χ1) is 17.6. The van der Waals surface area contributed by atoms with E-state index in [9.17, 15) is 19.2 Å². The van der Waals surface area contributed by atoms with Crippen molar-refractivity contribution in [1.82, 2.24) is 21.1 Å². The number of methoxy groups -OCH3 is 1. The lowest BCUT2D eigenvalue weighted by molar-refractivity contribution is -0.133. The third-order valence-corrected chi connectivity index (χ3v) is 5.97. The number of Topliss-reactive ketones (excluding diaryl/α,β-unsaturated/α-hetero) is 1. The number of nitrogens with zero attached hydrogens (tertiary/aromatic N) is 1. The molecule has 3 amide bonds. The summed E-state index contributed by atoms with van der Waals surface area (Å²) in [6.07, 6.45) is 1.90.